The molecule has 0 fully saturated rings. The Hall–Kier alpha value is -1.88. The molecule has 4 N–H and O–H groups in total. The topological polar surface area (TPSA) is 92.4 Å². The summed E-state index contributed by atoms with van der Waals surface area (Å²) in [6, 6.07) is 7.69. The third kappa shape index (κ3) is 5.40. The lowest BCUT2D eigenvalue weighted by Gasteiger charge is -2.16. The second-order valence-corrected chi connectivity index (χ2v) is 4.97. The van der Waals surface area contributed by atoms with Gasteiger partial charge in [0.05, 0.1) is 0 Å². The molecule has 20 heavy (non-hydrogen) atoms. The van der Waals surface area contributed by atoms with Crippen molar-refractivity contribution >= 4 is 11.9 Å². The van der Waals surface area contributed by atoms with Crippen LogP contribution in [-0.2, 0) is 9.59 Å². The minimum Gasteiger partial charge on any atom is -0.479 e. The fraction of sp³-hybridized carbons (Fsp3) is 0.467. The van der Waals surface area contributed by atoms with Crippen molar-refractivity contribution in [3.63, 3.8) is 0 Å². The van der Waals surface area contributed by atoms with Crippen molar-refractivity contribution in [2.24, 2.45) is 11.7 Å². The molecular formula is C15H22N2O3. The van der Waals surface area contributed by atoms with E-state index in [1.807, 2.05) is 6.92 Å². The molecule has 2 atom stereocenters. The molecule has 110 valence electrons. The lowest BCUT2D eigenvalue weighted by atomic mass is 10.0. The highest BCUT2D eigenvalue weighted by Crippen LogP contribution is 2.14. The molecule has 0 aliphatic carbocycles. The van der Waals surface area contributed by atoms with Crippen LogP contribution in [0.5, 0.6) is 0 Å². The van der Waals surface area contributed by atoms with Gasteiger partial charge in [-0.05, 0) is 30.9 Å². The fourth-order valence-corrected chi connectivity index (χ4v) is 1.97. The molecule has 0 aromatic heterocycles. The molecule has 0 aliphatic rings. The van der Waals surface area contributed by atoms with Crippen molar-refractivity contribution < 1.29 is 14.7 Å². The molecule has 1 unspecified atom stereocenters. The van der Waals surface area contributed by atoms with E-state index in [0.717, 1.165) is 6.42 Å². The number of rotatable bonds is 8. The second-order valence-electron chi connectivity index (χ2n) is 4.97. The van der Waals surface area contributed by atoms with E-state index in [-0.39, 0.29) is 5.91 Å². The van der Waals surface area contributed by atoms with Gasteiger partial charge in [-0.25, -0.2) is 4.79 Å². The van der Waals surface area contributed by atoms with Gasteiger partial charge in [0.1, 0.15) is 0 Å². The number of aliphatic carboxylic acids is 1. The predicted molar refractivity (Wildman–Crippen MR) is 77.0 cm³/mol. The van der Waals surface area contributed by atoms with Gasteiger partial charge in [-0.1, -0.05) is 37.3 Å². The molecule has 0 radical (unpaired) electrons. The molecule has 0 saturated carbocycles. The van der Waals surface area contributed by atoms with Crippen LogP contribution in [-0.4, -0.2) is 23.5 Å². The predicted octanol–water partition coefficient (Wildman–Crippen LogP) is 1.69. The maximum absolute atomic E-state index is 11.8. The molecule has 1 aromatic carbocycles. The van der Waals surface area contributed by atoms with E-state index in [2.05, 4.69) is 5.32 Å². The van der Waals surface area contributed by atoms with Crippen LogP contribution in [0.2, 0.25) is 0 Å². The van der Waals surface area contributed by atoms with E-state index in [0.29, 0.717) is 30.9 Å². The van der Waals surface area contributed by atoms with E-state index in [1.54, 1.807) is 30.3 Å². The highest BCUT2D eigenvalue weighted by molar-refractivity contribution is 5.84. The second kappa shape index (κ2) is 8.32. The van der Waals surface area contributed by atoms with E-state index in [9.17, 15) is 14.7 Å². The SMILES string of the molecule is CC(CCN)CCC(=O)N[C@@H](C(=O)O)c1ccccc1. The van der Waals surface area contributed by atoms with Crippen LogP contribution in [0.4, 0.5) is 0 Å². The van der Waals surface area contributed by atoms with Crippen LogP contribution in [0.1, 0.15) is 37.8 Å². The van der Waals surface area contributed by atoms with Crippen LogP contribution in [0.3, 0.4) is 0 Å². The lowest BCUT2D eigenvalue weighted by molar-refractivity contribution is -0.142. The first kappa shape index (κ1) is 16.2. The third-order valence-electron chi connectivity index (χ3n) is 3.21. The van der Waals surface area contributed by atoms with Gasteiger partial charge in [-0.2, -0.15) is 0 Å². The number of benzene rings is 1. The first-order chi connectivity index (χ1) is 9.54. The van der Waals surface area contributed by atoms with E-state index in [1.165, 1.54) is 0 Å². The number of hydrogen-bond donors (Lipinski definition) is 3. The molecule has 1 aromatic rings. The summed E-state index contributed by atoms with van der Waals surface area (Å²) in [5.41, 5.74) is 6.03. The number of carbonyl (C=O) groups excluding carboxylic acids is 1. The Morgan fingerprint density at radius 2 is 1.90 bits per heavy atom. The average molecular weight is 278 g/mol. The first-order valence-electron chi connectivity index (χ1n) is 6.81. The monoisotopic (exact) mass is 278 g/mol. The largest absolute Gasteiger partial charge is 0.479 e. The van der Waals surface area contributed by atoms with Gasteiger partial charge >= 0.3 is 5.97 Å². The molecule has 1 rings (SSSR count). The minimum absolute atomic E-state index is 0.245. The molecule has 5 nitrogen and oxygen atoms in total. The van der Waals surface area contributed by atoms with Gasteiger partial charge < -0.3 is 16.2 Å². The molecule has 0 saturated heterocycles. The van der Waals surface area contributed by atoms with Gasteiger partial charge in [0.15, 0.2) is 6.04 Å². The molecule has 1 amide bonds. The summed E-state index contributed by atoms with van der Waals surface area (Å²) in [6.45, 7) is 2.64. The number of nitrogens with two attached hydrogens (primary N) is 1. The van der Waals surface area contributed by atoms with Crippen LogP contribution < -0.4 is 11.1 Å². The molecule has 0 aliphatic heterocycles. The number of carbonyl (C=O) groups is 2. The molecule has 0 spiro atoms. The van der Waals surface area contributed by atoms with Crippen LogP contribution in [0.15, 0.2) is 30.3 Å². The summed E-state index contributed by atoms with van der Waals surface area (Å²) in [4.78, 5) is 23.1. The minimum atomic E-state index is -1.06. The summed E-state index contributed by atoms with van der Waals surface area (Å²) >= 11 is 0. The Kier molecular flexibility index (Phi) is 6.73. The van der Waals surface area contributed by atoms with Crippen molar-refractivity contribution in [1.82, 2.24) is 5.32 Å². The Balaban J connectivity index is 2.55. The number of amides is 1. The molecule has 0 bridgehead atoms. The Bertz CT molecular complexity index is 434. The standard InChI is InChI=1S/C15H22N2O3/c1-11(9-10-16)7-8-13(18)17-14(15(19)20)12-5-3-2-4-6-12/h2-6,11,14H,7-10,16H2,1H3,(H,17,18)(H,19,20)/t11?,14-/m1/s1. The Morgan fingerprint density at radius 1 is 1.25 bits per heavy atom. The van der Waals surface area contributed by atoms with Gasteiger partial charge in [-0.3, -0.25) is 4.79 Å². The first-order valence-corrected chi connectivity index (χ1v) is 6.81. The highest BCUT2D eigenvalue weighted by Gasteiger charge is 2.21. The molecule has 0 heterocycles. The number of nitrogens with one attached hydrogen (secondary N) is 1. The van der Waals surface area contributed by atoms with Gasteiger partial charge in [0.25, 0.3) is 0 Å². The van der Waals surface area contributed by atoms with Crippen molar-refractivity contribution in [1.29, 1.82) is 0 Å². The quantitative estimate of drug-likeness (QED) is 0.674. The van der Waals surface area contributed by atoms with E-state index < -0.39 is 12.0 Å². The zero-order valence-electron chi connectivity index (χ0n) is 11.7. The molecular weight excluding hydrogens is 256 g/mol. The Labute approximate surface area is 119 Å². The summed E-state index contributed by atoms with van der Waals surface area (Å²) in [6.07, 6.45) is 1.90. The van der Waals surface area contributed by atoms with Crippen LogP contribution in [0, 0.1) is 5.92 Å². The van der Waals surface area contributed by atoms with E-state index >= 15 is 0 Å². The van der Waals surface area contributed by atoms with Crippen molar-refractivity contribution in [3.8, 4) is 0 Å². The summed E-state index contributed by atoms with van der Waals surface area (Å²) < 4.78 is 0. The zero-order valence-corrected chi connectivity index (χ0v) is 11.7. The molecule has 5 heteroatoms. The van der Waals surface area contributed by atoms with E-state index in [4.69, 9.17) is 5.73 Å². The van der Waals surface area contributed by atoms with Gasteiger partial charge in [-0.15, -0.1) is 0 Å². The van der Waals surface area contributed by atoms with Gasteiger partial charge in [0, 0.05) is 6.42 Å². The lowest BCUT2D eigenvalue weighted by Crippen LogP contribution is -2.33. The summed E-state index contributed by atoms with van der Waals surface area (Å²) in [5.74, 6) is -0.935. The number of hydrogen-bond acceptors (Lipinski definition) is 3. The smallest absolute Gasteiger partial charge is 0.330 e. The highest BCUT2D eigenvalue weighted by atomic mass is 16.4. The zero-order chi connectivity index (χ0) is 15.0. The Morgan fingerprint density at radius 3 is 2.45 bits per heavy atom. The average Bonchev–Trinajstić information content (AvgIpc) is 2.43. The maximum Gasteiger partial charge on any atom is 0.330 e. The third-order valence-corrected chi connectivity index (χ3v) is 3.21. The van der Waals surface area contributed by atoms with Crippen LogP contribution >= 0.6 is 0 Å². The normalized spacial score (nSPS) is 13.5. The number of carboxylic acids is 1. The van der Waals surface area contributed by atoms with Crippen molar-refractivity contribution in [2.75, 3.05) is 6.54 Å². The summed E-state index contributed by atoms with van der Waals surface area (Å²) in [5, 5.41) is 11.8. The number of carboxylic acid groups (broad SMARTS) is 1. The van der Waals surface area contributed by atoms with Crippen LogP contribution in [0.25, 0.3) is 0 Å². The fourth-order valence-electron chi connectivity index (χ4n) is 1.97. The van der Waals surface area contributed by atoms with Gasteiger partial charge in [0.2, 0.25) is 5.91 Å². The van der Waals surface area contributed by atoms with Crippen molar-refractivity contribution in [3.05, 3.63) is 35.9 Å². The summed E-state index contributed by atoms with van der Waals surface area (Å²) in [7, 11) is 0. The van der Waals surface area contributed by atoms with Crippen molar-refractivity contribution in [2.45, 2.75) is 32.2 Å². The maximum atomic E-state index is 11.8.